The lowest BCUT2D eigenvalue weighted by atomic mass is 10.1. The van der Waals surface area contributed by atoms with Crippen molar-refractivity contribution < 1.29 is 0 Å². The van der Waals surface area contributed by atoms with Gasteiger partial charge in [0, 0.05) is 19.0 Å². The van der Waals surface area contributed by atoms with Crippen molar-refractivity contribution in [3.05, 3.63) is 11.6 Å². The molecule has 0 fully saturated rings. The molecule has 58 valence electrons. The third-order valence-corrected chi connectivity index (χ3v) is 2.27. The van der Waals surface area contributed by atoms with Gasteiger partial charge in [-0.3, -0.25) is 4.90 Å². The van der Waals surface area contributed by atoms with Crippen molar-refractivity contribution in [2.24, 2.45) is 0 Å². The van der Waals surface area contributed by atoms with Gasteiger partial charge in [0.15, 0.2) is 0 Å². The van der Waals surface area contributed by atoms with Gasteiger partial charge in [0.1, 0.15) is 0 Å². The molecule has 0 spiro atoms. The summed E-state index contributed by atoms with van der Waals surface area (Å²) in [6.07, 6.45) is 3.44. The Labute approximate surface area is 67.7 Å². The SMILES string of the molecule is CCN1CCC=C(CCl)C1. The number of nitrogens with zero attached hydrogens (tertiary/aromatic N) is 1. The number of rotatable bonds is 2. The normalized spacial score (nSPS) is 20.8. The van der Waals surface area contributed by atoms with Crippen molar-refractivity contribution in [2.75, 3.05) is 25.5 Å². The molecule has 1 rings (SSSR count). The minimum atomic E-state index is 0.705. The van der Waals surface area contributed by atoms with Crippen molar-refractivity contribution >= 4 is 11.6 Å². The molecule has 0 amide bonds. The average molecular weight is 160 g/mol. The Morgan fingerprint density at radius 1 is 1.70 bits per heavy atom. The van der Waals surface area contributed by atoms with Crippen LogP contribution >= 0.6 is 11.6 Å². The lowest BCUT2D eigenvalue weighted by molar-refractivity contribution is 0.306. The molecule has 0 radical (unpaired) electrons. The maximum atomic E-state index is 5.71. The molecule has 0 aliphatic carbocycles. The third-order valence-electron chi connectivity index (χ3n) is 1.92. The van der Waals surface area contributed by atoms with Gasteiger partial charge in [-0.15, -0.1) is 11.6 Å². The fourth-order valence-electron chi connectivity index (χ4n) is 1.25. The molecular weight excluding hydrogens is 146 g/mol. The molecular formula is C8H14ClN. The molecule has 0 aromatic heterocycles. The highest BCUT2D eigenvalue weighted by atomic mass is 35.5. The molecule has 0 aromatic carbocycles. The first kappa shape index (κ1) is 8.09. The van der Waals surface area contributed by atoms with Gasteiger partial charge >= 0.3 is 0 Å². The molecule has 0 unspecified atom stereocenters. The zero-order valence-corrected chi connectivity index (χ0v) is 7.19. The van der Waals surface area contributed by atoms with E-state index in [0.717, 1.165) is 13.1 Å². The van der Waals surface area contributed by atoms with Gasteiger partial charge in [-0.05, 0) is 18.5 Å². The van der Waals surface area contributed by atoms with Gasteiger partial charge in [0.05, 0.1) is 0 Å². The number of hydrogen-bond donors (Lipinski definition) is 0. The molecule has 2 heteroatoms. The lowest BCUT2D eigenvalue weighted by Crippen LogP contribution is -2.29. The smallest absolute Gasteiger partial charge is 0.0445 e. The summed E-state index contributed by atoms with van der Waals surface area (Å²) < 4.78 is 0. The van der Waals surface area contributed by atoms with Crippen LogP contribution in [0.4, 0.5) is 0 Å². The largest absolute Gasteiger partial charge is 0.299 e. The summed E-state index contributed by atoms with van der Waals surface area (Å²) in [7, 11) is 0. The van der Waals surface area contributed by atoms with Crippen LogP contribution in [0.2, 0.25) is 0 Å². The van der Waals surface area contributed by atoms with E-state index in [1.807, 2.05) is 0 Å². The molecule has 0 N–H and O–H groups in total. The minimum Gasteiger partial charge on any atom is -0.299 e. The molecule has 1 aliphatic heterocycles. The van der Waals surface area contributed by atoms with Crippen LogP contribution in [-0.4, -0.2) is 30.4 Å². The number of halogens is 1. The number of alkyl halides is 1. The van der Waals surface area contributed by atoms with Crippen molar-refractivity contribution in [1.82, 2.24) is 4.90 Å². The lowest BCUT2D eigenvalue weighted by Gasteiger charge is -2.24. The first-order chi connectivity index (χ1) is 4.86. The van der Waals surface area contributed by atoms with E-state index in [4.69, 9.17) is 11.6 Å². The quantitative estimate of drug-likeness (QED) is 0.439. The molecule has 1 aliphatic rings. The van der Waals surface area contributed by atoms with E-state index < -0.39 is 0 Å². The Balaban J connectivity index is 2.40. The first-order valence-electron chi connectivity index (χ1n) is 3.83. The van der Waals surface area contributed by atoms with Gasteiger partial charge in [-0.1, -0.05) is 13.0 Å². The maximum Gasteiger partial charge on any atom is 0.0445 e. The summed E-state index contributed by atoms with van der Waals surface area (Å²) >= 11 is 5.71. The van der Waals surface area contributed by atoms with Gasteiger partial charge in [0.25, 0.3) is 0 Å². The van der Waals surface area contributed by atoms with Crippen molar-refractivity contribution in [2.45, 2.75) is 13.3 Å². The van der Waals surface area contributed by atoms with E-state index in [9.17, 15) is 0 Å². The monoisotopic (exact) mass is 159 g/mol. The first-order valence-corrected chi connectivity index (χ1v) is 4.36. The van der Waals surface area contributed by atoms with Crippen LogP contribution in [-0.2, 0) is 0 Å². The van der Waals surface area contributed by atoms with Crippen LogP contribution in [0.25, 0.3) is 0 Å². The molecule has 0 saturated carbocycles. The van der Waals surface area contributed by atoms with E-state index in [2.05, 4.69) is 17.9 Å². The predicted molar refractivity (Wildman–Crippen MR) is 45.5 cm³/mol. The summed E-state index contributed by atoms with van der Waals surface area (Å²) in [5, 5.41) is 0. The van der Waals surface area contributed by atoms with E-state index in [1.54, 1.807) is 0 Å². The topological polar surface area (TPSA) is 3.24 Å². The zero-order valence-electron chi connectivity index (χ0n) is 6.44. The molecule has 0 atom stereocenters. The summed E-state index contributed by atoms with van der Waals surface area (Å²) in [6.45, 7) is 5.63. The zero-order chi connectivity index (χ0) is 7.40. The molecule has 1 heterocycles. The Hall–Kier alpha value is -0.0100. The van der Waals surface area contributed by atoms with Crippen LogP contribution in [0, 0.1) is 0 Å². The summed E-state index contributed by atoms with van der Waals surface area (Å²) in [5.41, 5.74) is 1.38. The van der Waals surface area contributed by atoms with Crippen LogP contribution in [0.1, 0.15) is 13.3 Å². The van der Waals surface area contributed by atoms with Gasteiger partial charge in [-0.2, -0.15) is 0 Å². The second kappa shape index (κ2) is 3.99. The van der Waals surface area contributed by atoms with Crippen LogP contribution < -0.4 is 0 Å². The van der Waals surface area contributed by atoms with E-state index >= 15 is 0 Å². The van der Waals surface area contributed by atoms with Gasteiger partial charge in [-0.25, -0.2) is 0 Å². The molecule has 10 heavy (non-hydrogen) atoms. The number of likely N-dealkylation sites (N-methyl/N-ethyl adjacent to an activating group) is 1. The Morgan fingerprint density at radius 2 is 2.50 bits per heavy atom. The third kappa shape index (κ3) is 1.99. The molecule has 0 saturated heterocycles. The summed E-state index contributed by atoms with van der Waals surface area (Å²) in [4.78, 5) is 2.41. The number of hydrogen-bond acceptors (Lipinski definition) is 1. The van der Waals surface area contributed by atoms with Crippen molar-refractivity contribution in [1.29, 1.82) is 0 Å². The van der Waals surface area contributed by atoms with E-state index in [1.165, 1.54) is 18.5 Å². The Kier molecular flexibility index (Phi) is 3.23. The second-order valence-corrected chi connectivity index (χ2v) is 2.92. The van der Waals surface area contributed by atoms with Crippen LogP contribution in [0.3, 0.4) is 0 Å². The van der Waals surface area contributed by atoms with E-state index in [-0.39, 0.29) is 0 Å². The minimum absolute atomic E-state index is 0.705. The second-order valence-electron chi connectivity index (χ2n) is 2.65. The highest BCUT2D eigenvalue weighted by molar-refractivity contribution is 6.19. The molecule has 1 nitrogen and oxygen atoms in total. The summed E-state index contributed by atoms with van der Waals surface area (Å²) in [6, 6.07) is 0. The van der Waals surface area contributed by atoms with Crippen molar-refractivity contribution in [3.8, 4) is 0 Å². The molecule has 0 bridgehead atoms. The van der Waals surface area contributed by atoms with E-state index in [0.29, 0.717) is 5.88 Å². The van der Waals surface area contributed by atoms with Crippen LogP contribution in [0.5, 0.6) is 0 Å². The standard InChI is InChI=1S/C8H14ClN/c1-2-10-5-3-4-8(6-9)7-10/h4H,2-3,5-7H2,1H3. The Bertz CT molecular complexity index is 131. The van der Waals surface area contributed by atoms with Crippen LogP contribution in [0.15, 0.2) is 11.6 Å². The van der Waals surface area contributed by atoms with Gasteiger partial charge in [0.2, 0.25) is 0 Å². The highest BCUT2D eigenvalue weighted by Gasteiger charge is 2.08. The van der Waals surface area contributed by atoms with Gasteiger partial charge < -0.3 is 0 Å². The highest BCUT2D eigenvalue weighted by Crippen LogP contribution is 2.09. The van der Waals surface area contributed by atoms with Crippen molar-refractivity contribution in [3.63, 3.8) is 0 Å². The average Bonchev–Trinajstić information content (AvgIpc) is 2.05. The maximum absolute atomic E-state index is 5.71. The predicted octanol–water partition coefficient (Wildman–Crippen LogP) is 1.88. The summed E-state index contributed by atoms with van der Waals surface area (Å²) in [5.74, 6) is 0.705. The fraction of sp³-hybridized carbons (Fsp3) is 0.750. The Morgan fingerprint density at radius 3 is 3.10 bits per heavy atom. The molecule has 0 aromatic rings. The fourth-order valence-corrected chi connectivity index (χ4v) is 1.44.